The summed E-state index contributed by atoms with van der Waals surface area (Å²) in [4.78, 5) is 48.8. The number of carbonyl (C=O) groups excluding carboxylic acids is 2. The van der Waals surface area contributed by atoms with Crippen molar-refractivity contribution >= 4 is 55.4 Å². The number of hydrogen-bond donors (Lipinski definition) is 1. The molecule has 0 aliphatic carbocycles. The number of para-hydroxylation sites is 1. The number of nitrogens with one attached hydrogen (secondary N) is 1. The number of imide groups is 1. The highest BCUT2D eigenvalue weighted by atomic mass is 32.2. The molecule has 4 aromatic rings. The molecule has 1 aliphatic heterocycles. The van der Waals surface area contributed by atoms with Crippen molar-refractivity contribution < 1.29 is 27.9 Å². The minimum Gasteiger partial charge on any atom is -0.279 e. The van der Waals surface area contributed by atoms with E-state index in [-0.39, 0.29) is 32.5 Å². The molecule has 1 N–H and O–H groups in total. The molecule has 1 heterocycles. The first-order valence-electron chi connectivity index (χ1n) is 11.0. The van der Waals surface area contributed by atoms with Crippen LogP contribution in [0.15, 0.2) is 77.7 Å². The molecule has 0 fully saturated rings. The van der Waals surface area contributed by atoms with Gasteiger partial charge in [0.2, 0.25) is 0 Å². The van der Waals surface area contributed by atoms with Gasteiger partial charge in [-0.25, -0.2) is 13.3 Å². The Kier molecular flexibility index (Phi) is 5.64. The molecule has 38 heavy (non-hydrogen) atoms. The summed E-state index contributed by atoms with van der Waals surface area (Å²) in [6.45, 7) is 1.74. The van der Waals surface area contributed by atoms with Crippen LogP contribution in [-0.4, -0.2) is 30.1 Å². The van der Waals surface area contributed by atoms with Gasteiger partial charge in [-0.3, -0.25) is 34.5 Å². The van der Waals surface area contributed by atoms with Crippen molar-refractivity contribution in [1.29, 1.82) is 0 Å². The van der Waals surface area contributed by atoms with E-state index in [4.69, 9.17) is 0 Å². The van der Waals surface area contributed by atoms with Gasteiger partial charge in [0.05, 0.1) is 37.2 Å². The Hall–Kier alpha value is -5.17. The average Bonchev–Trinajstić information content (AvgIpc) is 2.88. The van der Waals surface area contributed by atoms with Gasteiger partial charge in [0, 0.05) is 29.7 Å². The normalized spacial score (nSPS) is 13.0. The highest BCUT2D eigenvalue weighted by Crippen LogP contribution is 2.38. The molecule has 0 saturated carbocycles. The first-order chi connectivity index (χ1) is 18.0. The van der Waals surface area contributed by atoms with Gasteiger partial charge in [-0.1, -0.05) is 18.2 Å². The van der Waals surface area contributed by atoms with E-state index in [1.54, 1.807) is 31.2 Å². The van der Waals surface area contributed by atoms with Crippen LogP contribution in [0, 0.1) is 27.2 Å². The van der Waals surface area contributed by atoms with Crippen LogP contribution in [-0.2, 0) is 10.0 Å². The van der Waals surface area contributed by atoms with E-state index in [0.717, 1.165) is 24.3 Å². The van der Waals surface area contributed by atoms with E-state index in [0.29, 0.717) is 16.2 Å². The van der Waals surface area contributed by atoms with E-state index in [1.807, 2.05) is 0 Å². The lowest BCUT2D eigenvalue weighted by Gasteiger charge is -2.27. The van der Waals surface area contributed by atoms with E-state index in [9.17, 15) is 38.2 Å². The zero-order valence-electron chi connectivity index (χ0n) is 19.4. The predicted molar refractivity (Wildman–Crippen MR) is 137 cm³/mol. The fraction of sp³-hybridized carbons (Fsp3) is 0.0400. The number of benzene rings is 4. The van der Waals surface area contributed by atoms with Crippen molar-refractivity contribution in [2.75, 3.05) is 9.62 Å². The summed E-state index contributed by atoms with van der Waals surface area (Å²) in [5.74, 6) is -1.78. The van der Waals surface area contributed by atoms with E-state index in [2.05, 4.69) is 4.72 Å². The minimum atomic E-state index is -4.01. The number of non-ortho nitro benzene ring substituents is 2. The second-order valence-electron chi connectivity index (χ2n) is 8.46. The smallest absolute Gasteiger partial charge is 0.270 e. The number of carbonyl (C=O) groups is 2. The Morgan fingerprint density at radius 3 is 1.82 bits per heavy atom. The summed E-state index contributed by atoms with van der Waals surface area (Å²) < 4.78 is 28.2. The molecule has 5 rings (SSSR count). The molecular weight excluding hydrogens is 516 g/mol. The van der Waals surface area contributed by atoms with Crippen LogP contribution in [0.2, 0.25) is 0 Å². The standard InChI is InChI=1S/C25H16N4O8S/c1-14-4-2-3-5-22(14)26-38(36,37)19-8-6-16(7-9-19)27-24(30)20-12-17(28(32)33)10-15-11-18(29(34)35)13-21(23(15)20)25(27)31/h2-13,26H,1H3. The quantitative estimate of drug-likeness (QED) is 0.214. The average molecular weight is 532 g/mol. The first kappa shape index (κ1) is 24.5. The Bertz CT molecular complexity index is 1750. The zero-order valence-corrected chi connectivity index (χ0v) is 20.3. The summed E-state index contributed by atoms with van der Waals surface area (Å²) in [7, 11) is -4.01. The summed E-state index contributed by atoms with van der Waals surface area (Å²) >= 11 is 0. The van der Waals surface area contributed by atoms with Crippen LogP contribution in [0.1, 0.15) is 26.3 Å². The van der Waals surface area contributed by atoms with Gasteiger partial charge in [-0.15, -0.1) is 0 Å². The number of aryl methyl sites for hydroxylation is 1. The summed E-state index contributed by atoms with van der Waals surface area (Å²) in [5, 5.41) is 23.0. The molecular formula is C25H16N4O8S. The molecule has 4 aromatic carbocycles. The van der Waals surface area contributed by atoms with E-state index < -0.39 is 43.1 Å². The molecule has 2 amide bonds. The van der Waals surface area contributed by atoms with Gasteiger partial charge in [0.25, 0.3) is 33.2 Å². The van der Waals surface area contributed by atoms with Gasteiger partial charge in [0.15, 0.2) is 0 Å². The largest absolute Gasteiger partial charge is 0.279 e. The number of nitro benzene ring substituents is 2. The fourth-order valence-corrected chi connectivity index (χ4v) is 5.40. The van der Waals surface area contributed by atoms with Crippen molar-refractivity contribution in [2.45, 2.75) is 11.8 Å². The van der Waals surface area contributed by atoms with Crippen LogP contribution in [0.25, 0.3) is 10.8 Å². The fourth-order valence-electron chi connectivity index (χ4n) is 4.27. The lowest BCUT2D eigenvalue weighted by Crippen LogP contribution is -2.40. The summed E-state index contributed by atoms with van der Waals surface area (Å²) in [6.07, 6.45) is 0. The third-order valence-corrected chi connectivity index (χ3v) is 7.48. The van der Waals surface area contributed by atoms with Crippen LogP contribution in [0.4, 0.5) is 22.7 Å². The Labute approximate surface area is 214 Å². The van der Waals surface area contributed by atoms with E-state index in [1.165, 1.54) is 24.3 Å². The number of amides is 2. The zero-order chi connectivity index (χ0) is 27.4. The number of nitro groups is 2. The Balaban J connectivity index is 1.58. The molecule has 0 spiro atoms. The number of rotatable bonds is 6. The van der Waals surface area contributed by atoms with Crippen LogP contribution < -0.4 is 9.62 Å². The first-order valence-corrected chi connectivity index (χ1v) is 12.4. The SMILES string of the molecule is Cc1ccccc1NS(=O)(=O)c1ccc(N2C(=O)c3cc([N+](=O)[O-])cc4cc([N+](=O)[O-])cc(c34)C2=O)cc1. The molecule has 0 radical (unpaired) electrons. The lowest BCUT2D eigenvalue weighted by molar-refractivity contribution is -0.385. The van der Waals surface area contributed by atoms with Gasteiger partial charge in [0.1, 0.15) is 0 Å². The third kappa shape index (κ3) is 4.00. The monoisotopic (exact) mass is 532 g/mol. The second kappa shape index (κ2) is 8.74. The maximum atomic E-state index is 13.4. The van der Waals surface area contributed by atoms with Gasteiger partial charge in [-0.2, -0.15) is 0 Å². The van der Waals surface area contributed by atoms with Gasteiger partial charge >= 0.3 is 0 Å². The minimum absolute atomic E-state index is 0.00321. The highest BCUT2D eigenvalue weighted by Gasteiger charge is 2.37. The lowest BCUT2D eigenvalue weighted by atomic mass is 9.92. The molecule has 190 valence electrons. The molecule has 1 aliphatic rings. The van der Waals surface area contributed by atoms with Crippen LogP contribution >= 0.6 is 0 Å². The number of hydrogen-bond acceptors (Lipinski definition) is 8. The molecule has 0 atom stereocenters. The predicted octanol–water partition coefficient (Wildman–Crippen LogP) is 4.57. The van der Waals surface area contributed by atoms with Gasteiger partial charge in [-0.05, 0) is 48.2 Å². The second-order valence-corrected chi connectivity index (χ2v) is 10.1. The summed E-state index contributed by atoms with van der Waals surface area (Å²) in [5.41, 5.74) is -0.269. The van der Waals surface area contributed by atoms with Crippen molar-refractivity contribution in [3.8, 4) is 0 Å². The Morgan fingerprint density at radius 1 is 0.789 bits per heavy atom. The van der Waals surface area contributed by atoms with Crippen molar-refractivity contribution in [2.24, 2.45) is 0 Å². The van der Waals surface area contributed by atoms with Gasteiger partial charge < -0.3 is 0 Å². The van der Waals surface area contributed by atoms with Crippen LogP contribution in [0.5, 0.6) is 0 Å². The Morgan fingerprint density at radius 2 is 1.32 bits per heavy atom. The number of sulfonamides is 1. The topological polar surface area (TPSA) is 170 Å². The summed E-state index contributed by atoms with van der Waals surface area (Å²) in [6, 6.07) is 15.8. The number of nitrogens with zero attached hydrogens (tertiary/aromatic N) is 3. The molecule has 0 saturated heterocycles. The molecule has 12 nitrogen and oxygen atoms in total. The molecule has 0 bridgehead atoms. The van der Waals surface area contributed by atoms with Crippen molar-refractivity contribution in [3.05, 3.63) is 110 Å². The maximum Gasteiger partial charge on any atom is 0.270 e. The van der Waals surface area contributed by atoms with Crippen molar-refractivity contribution in [1.82, 2.24) is 0 Å². The third-order valence-electron chi connectivity index (χ3n) is 6.10. The maximum absolute atomic E-state index is 13.4. The van der Waals surface area contributed by atoms with Crippen molar-refractivity contribution in [3.63, 3.8) is 0 Å². The molecule has 0 unspecified atom stereocenters. The molecule has 0 aromatic heterocycles. The number of anilines is 2. The molecule has 13 heteroatoms. The van der Waals surface area contributed by atoms with Crippen LogP contribution in [0.3, 0.4) is 0 Å². The highest BCUT2D eigenvalue weighted by molar-refractivity contribution is 7.92. The van der Waals surface area contributed by atoms with E-state index >= 15 is 0 Å².